The number of aromatic carboxylic acids is 1. The van der Waals surface area contributed by atoms with E-state index in [2.05, 4.69) is 0 Å². The maximum Gasteiger partial charge on any atom is 0.418 e. The van der Waals surface area contributed by atoms with Gasteiger partial charge < -0.3 is 10.8 Å². The number of carbonyl (C=O) groups excluding carboxylic acids is 1. The molecule has 0 aromatic heterocycles. The average Bonchev–Trinajstić information content (AvgIpc) is 2.53. The van der Waals surface area contributed by atoms with Crippen LogP contribution in [0.1, 0.15) is 15.9 Å². The smallest absolute Gasteiger partial charge is 0.418 e. The van der Waals surface area contributed by atoms with Crippen LogP contribution in [0.25, 0.3) is 0 Å². The molecule has 2 rings (SSSR count). The molecule has 0 unspecified atom stereocenters. The first-order chi connectivity index (χ1) is 12.0. The van der Waals surface area contributed by atoms with E-state index in [4.69, 9.17) is 5.73 Å². The monoisotopic (exact) mass is 369 g/mol. The highest BCUT2D eigenvalue weighted by Crippen LogP contribution is 2.40. The van der Waals surface area contributed by atoms with Crippen molar-refractivity contribution in [2.45, 2.75) is 6.18 Å². The first-order valence-electron chi connectivity index (χ1n) is 6.81. The molecule has 0 fully saturated rings. The number of primary amides is 1. The minimum Gasteiger partial charge on any atom is -0.478 e. The Morgan fingerprint density at radius 2 is 1.73 bits per heavy atom. The van der Waals surface area contributed by atoms with Gasteiger partial charge in [-0.1, -0.05) is 12.1 Å². The van der Waals surface area contributed by atoms with Crippen molar-refractivity contribution in [1.29, 1.82) is 0 Å². The summed E-state index contributed by atoms with van der Waals surface area (Å²) in [5.74, 6) is -1.61. The maximum absolute atomic E-state index is 13.3. The number of nitrogens with two attached hydrogens (primary N) is 1. The van der Waals surface area contributed by atoms with E-state index in [1.807, 2.05) is 0 Å². The number of nitrogens with zero attached hydrogens (tertiary/aromatic N) is 2. The van der Waals surface area contributed by atoms with Crippen LogP contribution in [0, 0.1) is 10.1 Å². The summed E-state index contributed by atoms with van der Waals surface area (Å²) in [6, 6.07) is 4.70. The maximum atomic E-state index is 13.3. The topological polar surface area (TPSA) is 127 Å². The molecule has 8 nitrogen and oxygen atoms in total. The minimum atomic E-state index is -4.88. The van der Waals surface area contributed by atoms with Gasteiger partial charge in [0.05, 0.1) is 27.4 Å². The lowest BCUT2D eigenvalue weighted by Crippen LogP contribution is -2.34. The zero-order chi connectivity index (χ0) is 19.6. The van der Waals surface area contributed by atoms with E-state index in [1.165, 1.54) is 6.07 Å². The summed E-state index contributed by atoms with van der Waals surface area (Å²) in [6.45, 7) is 0. The average molecular weight is 369 g/mol. The minimum absolute atomic E-state index is 0.277. The van der Waals surface area contributed by atoms with Crippen LogP contribution in [0.2, 0.25) is 0 Å². The Balaban J connectivity index is 2.82. The van der Waals surface area contributed by atoms with Crippen LogP contribution in [-0.2, 0) is 6.18 Å². The second-order valence-electron chi connectivity index (χ2n) is 4.95. The number of carbonyl (C=O) groups is 2. The highest BCUT2D eigenvalue weighted by Gasteiger charge is 2.37. The quantitative estimate of drug-likeness (QED) is 0.630. The van der Waals surface area contributed by atoms with Gasteiger partial charge in [0.1, 0.15) is 0 Å². The van der Waals surface area contributed by atoms with Crippen molar-refractivity contribution in [1.82, 2.24) is 0 Å². The molecule has 0 aliphatic heterocycles. The predicted molar refractivity (Wildman–Crippen MR) is 83.2 cm³/mol. The molecule has 0 saturated carbocycles. The molecule has 2 amide bonds. The van der Waals surface area contributed by atoms with Crippen molar-refractivity contribution >= 4 is 29.1 Å². The summed E-state index contributed by atoms with van der Waals surface area (Å²) < 4.78 is 39.8. The van der Waals surface area contributed by atoms with Gasteiger partial charge in [-0.25, -0.2) is 9.59 Å². The molecule has 0 heterocycles. The Labute approximate surface area is 143 Å². The Bertz CT molecular complexity index is 898. The van der Waals surface area contributed by atoms with Gasteiger partial charge in [0.2, 0.25) is 0 Å². The van der Waals surface area contributed by atoms with E-state index in [1.54, 1.807) is 0 Å². The number of hydrogen-bond donors (Lipinski definition) is 2. The number of carboxylic acid groups (broad SMARTS) is 1. The Morgan fingerprint density at radius 3 is 2.23 bits per heavy atom. The van der Waals surface area contributed by atoms with Gasteiger partial charge in [0.15, 0.2) is 0 Å². The Kier molecular flexibility index (Phi) is 4.82. The third kappa shape index (κ3) is 3.55. The molecule has 3 N–H and O–H groups in total. The lowest BCUT2D eigenvalue weighted by molar-refractivity contribution is -0.384. The number of carboxylic acids is 1. The number of benzene rings is 2. The molecule has 0 radical (unpaired) electrons. The number of amides is 2. The van der Waals surface area contributed by atoms with E-state index in [9.17, 15) is 38.0 Å². The summed E-state index contributed by atoms with van der Waals surface area (Å²) in [5.41, 5.74) is 1.23. The highest BCUT2D eigenvalue weighted by molar-refractivity contribution is 6.06. The van der Waals surface area contributed by atoms with E-state index in [-0.39, 0.29) is 4.90 Å². The first-order valence-corrected chi connectivity index (χ1v) is 6.81. The summed E-state index contributed by atoms with van der Waals surface area (Å²) in [6.07, 6.45) is -4.88. The highest BCUT2D eigenvalue weighted by atomic mass is 19.4. The van der Waals surface area contributed by atoms with Gasteiger partial charge in [-0.05, 0) is 18.2 Å². The third-order valence-corrected chi connectivity index (χ3v) is 3.33. The Morgan fingerprint density at radius 1 is 1.12 bits per heavy atom. The molecule has 0 atom stereocenters. The molecule has 0 saturated heterocycles. The fourth-order valence-electron chi connectivity index (χ4n) is 2.27. The number of rotatable bonds is 4. The fraction of sp³-hybridized carbons (Fsp3) is 0.0667. The normalized spacial score (nSPS) is 11.0. The number of halogens is 3. The molecular formula is C15H10F3N3O5. The summed E-state index contributed by atoms with van der Waals surface area (Å²) in [5, 5.41) is 20.2. The van der Waals surface area contributed by atoms with Gasteiger partial charge in [-0.15, -0.1) is 0 Å². The molecule has 2 aromatic carbocycles. The number of nitro groups is 1. The van der Waals surface area contributed by atoms with Crippen LogP contribution in [-0.4, -0.2) is 22.0 Å². The van der Waals surface area contributed by atoms with Crippen LogP contribution >= 0.6 is 0 Å². The standard InChI is InChI=1S/C15H10F3N3O5/c16-15(17,18)10-3-1-2-4-11(10)20(14(19)24)12-7-8(21(25)26)5-6-9(12)13(22)23/h1-7H,(H2,19,24)(H,22,23). The van der Waals surface area contributed by atoms with Crippen LogP contribution in [0.4, 0.5) is 35.0 Å². The van der Waals surface area contributed by atoms with E-state index >= 15 is 0 Å². The van der Waals surface area contributed by atoms with Gasteiger partial charge in [0, 0.05) is 12.1 Å². The zero-order valence-corrected chi connectivity index (χ0v) is 12.7. The summed E-state index contributed by atoms with van der Waals surface area (Å²) >= 11 is 0. The number of hydrogen-bond acceptors (Lipinski definition) is 4. The predicted octanol–water partition coefficient (Wildman–Crippen LogP) is 3.53. The van der Waals surface area contributed by atoms with Crippen molar-refractivity contribution in [2.24, 2.45) is 5.73 Å². The van der Waals surface area contributed by atoms with Gasteiger partial charge >= 0.3 is 18.2 Å². The number of non-ortho nitro benzene ring substituents is 1. The number of para-hydroxylation sites is 1. The van der Waals surface area contributed by atoms with Gasteiger partial charge in [-0.3, -0.25) is 15.0 Å². The first kappa shape index (κ1) is 18.7. The van der Waals surface area contributed by atoms with Crippen molar-refractivity contribution in [2.75, 3.05) is 4.90 Å². The second-order valence-corrected chi connectivity index (χ2v) is 4.95. The lowest BCUT2D eigenvalue weighted by Gasteiger charge is -2.25. The second kappa shape index (κ2) is 6.70. The molecule has 0 spiro atoms. The summed E-state index contributed by atoms with van der Waals surface area (Å²) in [7, 11) is 0. The van der Waals surface area contributed by atoms with Gasteiger partial charge in [-0.2, -0.15) is 13.2 Å². The fourth-order valence-corrected chi connectivity index (χ4v) is 2.27. The Hall–Kier alpha value is -3.63. The van der Waals surface area contributed by atoms with E-state index in [0.29, 0.717) is 12.1 Å². The SMILES string of the molecule is NC(=O)N(c1cc([N+](=O)[O-])ccc1C(=O)O)c1ccccc1C(F)(F)F. The molecule has 2 aromatic rings. The van der Waals surface area contributed by atoms with Gasteiger partial charge in [0.25, 0.3) is 5.69 Å². The molecular weight excluding hydrogens is 359 g/mol. The number of alkyl halides is 3. The van der Waals surface area contributed by atoms with Crippen molar-refractivity contribution in [3.63, 3.8) is 0 Å². The molecule has 0 aliphatic rings. The van der Waals surface area contributed by atoms with E-state index < -0.39 is 51.3 Å². The zero-order valence-electron chi connectivity index (χ0n) is 12.7. The number of nitro benzene ring substituents is 1. The van der Waals surface area contributed by atoms with Crippen LogP contribution < -0.4 is 10.6 Å². The van der Waals surface area contributed by atoms with E-state index in [0.717, 1.165) is 24.3 Å². The van der Waals surface area contributed by atoms with Crippen molar-refractivity contribution < 1.29 is 32.8 Å². The molecule has 0 aliphatic carbocycles. The molecule has 11 heteroatoms. The molecule has 26 heavy (non-hydrogen) atoms. The largest absolute Gasteiger partial charge is 0.478 e. The number of urea groups is 1. The van der Waals surface area contributed by atoms with Crippen LogP contribution in [0.3, 0.4) is 0 Å². The molecule has 136 valence electrons. The third-order valence-electron chi connectivity index (χ3n) is 3.33. The molecule has 0 bridgehead atoms. The van der Waals surface area contributed by atoms with Crippen molar-refractivity contribution in [3.05, 3.63) is 63.7 Å². The number of anilines is 2. The van der Waals surface area contributed by atoms with Crippen molar-refractivity contribution in [3.8, 4) is 0 Å². The van der Waals surface area contributed by atoms with Crippen LogP contribution in [0.5, 0.6) is 0 Å². The summed E-state index contributed by atoms with van der Waals surface area (Å²) in [4.78, 5) is 33.6. The lowest BCUT2D eigenvalue weighted by atomic mass is 10.1. The van der Waals surface area contributed by atoms with Crippen LogP contribution in [0.15, 0.2) is 42.5 Å².